The molecule has 1 aromatic rings. The van der Waals surface area contributed by atoms with Gasteiger partial charge in [0, 0.05) is 9.75 Å². The first kappa shape index (κ1) is 9.75. The third-order valence-electron chi connectivity index (χ3n) is 1.98. The summed E-state index contributed by atoms with van der Waals surface area (Å²) in [5, 5.41) is 9.80. The summed E-state index contributed by atoms with van der Waals surface area (Å²) in [5.41, 5.74) is 1.22. The zero-order valence-corrected chi connectivity index (χ0v) is 8.90. The van der Waals surface area contributed by atoms with Gasteiger partial charge in [0.25, 0.3) is 0 Å². The molecule has 1 nitrogen and oxygen atoms in total. The minimum atomic E-state index is -0.288. The van der Waals surface area contributed by atoms with Crippen molar-refractivity contribution in [3.8, 4) is 0 Å². The van der Waals surface area contributed by atoms with Gasteiger partial charge >= 0.3 is 0 Å². The maximum absolute atomic E-state index is 9.80. The van der Waals surface area contributed by atoms with E-state index in [2.05, 4.69) is 19.9 Å². The third-order valence-corrected chi connectivity index (χ3v) is 3.20. The lowest BCUT2D eigenvalue weighted by Gasteiger charge is -2.13. The van der Waals surface area contributed by atoms with Gasteiger partial charge in [0.2, 0.25) is 0 Å². The van der Waals surface area contributed by atoms with E-state index in [1.165, 1.54) is 10.4 Å². The molecule has 0 aliphatic rings. The Morgan fingerprint density at radius 2 is 1.92 bits per heavy atom. The molecular weight excluding hydrogens is 168 g/mol. The Morgan fingerprint density at radius 3 is 2.25 bits per heavy atom. The minimum Gasteiger partial charge on any atom is -0.387 e. The second-order valence-electron chi connectivity index (χ2n) is 3.59. The van der Waals surface area contributed by atoms with Gasteiger partial charge in [0.15, 0.2) is 0 Å². The zero-order chi connectivity index (χ0) is 9.30. The van der Waals surface area contributed by atoms with E-state index in [-0.39, 0.29) is 6.10 Å². The van der Waals surface area contributed by atoms with Crippen molar-refractivity contribution in [1.82, 2.24) is 0 Å². The van der Waals surface area contributed by atoms with E-state index in [1.54, 1.807) is 11.3 Å². The van der Waals surface area contributed by atoms with Crippen LogP contribution in [0.5, 0.6) is 0 Å². The minimum absolute atomic E-state index is 0.288. The maximum atomic E-state index is 9.80. The van der Waals surface area contributed by atoms with Crippen molar-refractivity contribution in [1.29, 1.82) is 0 Å². The number of aliphatic hydroxyl groups excluding tert-OH is 1. The predicted octanol–water partition coefficient (Wildman–Crippen LogP) is 3.05. The molecule has 0 amide bonds. The van der Waals surface area contributed by atoms with Gasteiger partial charge in [0.1, 0.15) is 0 Å². The van der Waals surface area contributed by atoms with E-state index in [0.717, 1.165) is 4.88 Å². The fraction of sp³-hybridized carbons (Fsp3) is 0.600. The van der Waals surface area contributed by atoms with Crippen LogP contribution < -0.4 is 0 Å². The number of thiophene rings is 1. The Balaban J connectivity index is 2.94. The molecule has 0 radical (unpaired) electrons. The second kappa shape index (κ2) is 3.58. The Labute approximate surface area is 78.1 Å². The quantitative estimate of drug-likeness (QED) is 0.749. The highest BCUT2D eigenvalue weighted by Crippen LogP contribution is 2.31. The summed E-state index contributed by atoms with van der Waals surface area (Å²) in [6.07, 6.45) is -0.288. The molecular formula is C10H16OS. The molecule has 0 saturated heterocycles. The Kier molecular flexibility index (Phi) is 2.91. The average molecular weight is 184 g/mol. The van der Waals surface area contributed by atoms with Crippen molar-refractivity contribution in [2.45, 2.75) is 33.8 Å². The Morgan fingerprint density at radius 1 is 1.33 bits per heavy atom. The fourth-order valence-electron chi connectivity index (χ4n) is 1.26. The molecule has 1 N–H and O–H groups in total. The van der Waals surface area contributed by atoms with Crippen molar-refractivity contribution >= 4 is 11.3 Å². The summed E-state index contributed by atoms with van der Waals surface area (Å²) in [6, 6.07) is 2.13. The summed E-state index contributed by atoms with van der Waals surface area (Å²) < 4.78 is 0. The standard InChI is InChI=1S/C10H16OS/c1-6(2)9(11)10-7(3)5-8(4)12-10/h5-6,9,11H,1-4H3. The monoisotopic (exact) mass is 184 g/mol. The van der Waals surface area contributed by atoms with Crippen molar-refractivity contribution in [2.24, 2.45) is 5.92 Å². The molecule has 0 aliphatic carbocycles. The first-order chi connectivity index (χ1) is 5.52. The van der Waals surface area contributed by atoms with Crippen LogP contribution in [0.4, 0.5) is 0 Å². The van der Waals surface area contributed by atoms with Gasteiger partial charge in [-0.1, -0.05) is 13.8 Å². The molecule has 12 heavy (non-hydrogen) atoms. The molecule has 1 atom stereocenters. The number of aliphatic hydroxyl groups is 1. The van der Waals surface area contributed by atoms with Crippen molar-refractivity contribution in [3.05, 3.63) is 21.4 Å². The molecule has 0 aromatic carbocycles. The Bertz CT molecular complexity index is 263. The van der Waals surface area contributed by atoms with Crippen LogP contribution in [0.25, 0.3) is 0 Å². The lowest BCUT2D eigenvalue weighted by molar-refractivity contribution is 0.130. The first-order valence-electron chi connectivity index (χ1n) is 4.27. The van der Waals surface area contributed by atoms with Gasteiger partial charge in [-0.3, -0.25) is 0 Å². The predicted molar refractivity (Wildman–Crippen MR) is 53.6 cm³/mol. The third kappa shape index (κ3) is 1.87. The number of hydrogen-bond donors (Lipinski definition) is 1. The molecule has 0 bridgehead atoms. The van der Waals surface area contributed by atoms with Gasteiger partial charge in [0.05, 0.1) is 6.10 Å². The van der Waals surface area contributed by atoms with Gasteiger partial charge < -0.3 is 5.11 Å². The topological polar surface area (TPSA) is 20.2 Å². The summed E-state index contributed by atoms with van der Waals surface area (Å²) >= 11 is 1.70. The normalized spacial score (nSPS) is 13.8. The highest BCUT2D eigenvalue weighted by molar-refractivity contribution is 7.12. The van der Waals surface area contributed by atoms with Gasteiger partial charge in [-0.15, -0.1) is 11.3 Å². The van der Waals surface area contributed by atoms with E-state index in [9.17, 15) is 5.11 Å². The summed E-state index contributed by atoms with van der Waals surface area (Å²) in [4.78, 5) is 2.41. The molecule has 1 aromatic heterocycles. The smallest absolute Gasteiger partial charge is 0.0907 e. The van der Waals surface area contributed by atoms with Crippen molar-refractivity contribution in [3.63, 3.8) is 0 Å². The number of aryl methyl sites for hydroxylation is 2. The first-order valence-corrected chi connectivity index (χ1v) is 5.09. The van der Waals surface area contributed by atoms with Gasteiger partial charge in [-0.25, -0.2) is 0 Å². The van der Waals surface area contributed by atoms with E-state index < -0.39 is 0 Å². The van der Waals surface area contributed by atoms with E-state index >= 15 is 0 Å². The van der Waals surface area contributed by atoms with E-state index in [0.29, 0.717) is 5.92 Å². The molecule has 1 rings (SSSR count). The lowest BCUT2D eigenvalue weighted by atomic mass is 10.0. The molecule has 0 spiro atoms. The van der Waals surface area contributed by atoms with Crippen LogP contribution in [0, 0.1) is 19.8 Å². The Hall–Kier alpha value is -0.340. The molecule has 0 saturated carbocycles. The van der Waals surface area contributed by atoms with Gasteiger partial charge in [-0.05, 0) is 31.4 Å². The molecule has 2 heteroatoms. The molecule has 1 heterocycles. The van der Waals surface area contributed by atoms with Crippen LogP contribution in [0.2, 0.25) is 0 Å². The second-order valence-corrected chi connectivity index (χ2v) is 4.88. The highest BCUT2D eigenvalue weighted by atomic mass is 32.1. The van der Waals surface area contributed by atoms with Crippen LogP contribution in [-0.4, -0.2) is 5.11 Å². The molecule has 0 fully saturated rings. The SMILES string of the molecule is Cc1cc(C)c(C(O)C(C)C)s1. The van der Waals surface area contributed by atoms with Crippen LogP contribution in [-0.2, 0) is 0 Å². The number of rotatable bonds is 2. The van der Waals surface area contributed by atoms with Crippen molar-refractivity contribution < 1.29 is 5.11 Å². The summed E-state index contributed by atoms with van der Waals surface area (Å²) in [6.45, 7) is 8.22. The van der Waals surface area contributed by atoms with E-state index in [1.807, 2.05) is 13.8 Å². The largest absolute Gasteiger partial charge is 0.387 e. The summed E-state index contributed by atoms with van der Waals surface area (Å²) in [7, 11) is 0. The number of hydrogen-bond acceptors (Lipinski definition) is 2. The van der Waals surface area contributed by atoms with Crippen LogP contribution >= 0.6 is 11.3 Å². The van der Waals surface area contributed by atoms with Gasteiger partial charge in [-0.2, -0.15) is 0 Å². The average Bonchev–Trinajstić information content (AvgIpc) is 2.28. The maximum Gasteiger partial charge on any atom is 0.0907 e. The van der Waals surface area contributed by atoms with Crippen LogP contribution in [0.3, 0.4) is 0 Å². The molecule has 0 aliphatic heterocycles. The van der Waals surface area contributed by atoms with Crippen LogP contribution in [0.1, 0.15) is 35.3 Å². The summed E-state index contributed by atoms with van der Waals surface area (Å²) in [5.74, 6) is 0.307. The highest BCUT2D eigenvalue weighted by Gasteiger charge is 2.16. The molecule has 68 valence electrons. The van der Waals surface area contributed by atoms with Crippen molar-refractivity contribution in [2.75, 3.05) is 0 Å². The zero-order valence-electron chi connectivity index (χ0n) is 8.09. The van der Waals surface area contributed by atoms with E-state index in [4.69, 9.17) is 0 Å². The fourth-order valence-corrected chi connectivity index (χ4v) is 2.45. The lowest BCUT2D eigenvalue weighted by Crippen LogP contribution is -2.04. The van der Waals surface area contributed by atoms with Crippen LogP contribution in [0.15, 0.2) is 6.07 Å². The molecule has 1 unspecified atom stereocenters.